The summed E-state index contributed by atoms with van der Waals surface area (Å²) < 4.78 is 12.6. The zero-order chi connectivity index (χ0) is 28.7. The van der Waals surface area contributed by atoms with Gasteiger partial charge in [-0.25, -0.2) is 0 Å². The van der Waals surface area contributed by atoms with Gasteiger partial charge >= 0.3 is 0 Å². The van der Waals surface area contributed by atoms with Crippen molar-refractivity contribution in [3.63, 3.8) is 0 Å². The van der Waals surface area contributed by atoms with E-state index >= 15 is 0 Å². The molecule has 0 bridgehead atoms. The highest BCUT2D eigenvalue weighted by Gasteiger charge is 2.71. The lowest BCUT2D eigenvalue weighted by Crippen LogP contribution is -2.67. The van der Waals surface area contributed by atoms with Gasteiger partial charge in [-0.05, 0) is 135 Å². The number of fused-ring (bicyclic) bond motifs is 7. The maximum Gasteiger partial charge on any atom is 0.157 e. The van der Waals surface area contributed by atoms with E-state index in [1.807, 2.05) is 0 Å². The van der Waals surface area contributed by atoms with Gasteiger partial charge < -0.3 is 14.3 Å². The summed E-state index contributed by atoms with van der Waals surface area (Å²) in [4.78, 5) is 25.6. The first-order valence-electron chi connectivity index (χ1n) is 16.7. The molecule has 0 N–H and O–H groups in total. The second-order valence-electron chi connectivity index (χ2n) is 16.7. The minimum absolute atomic E-state index is 0.0208. The van der Waals surface area contributed by atoms with Crippen LogP contribution in [0.5, 0.6) is 0 Å². The van der Waals surface area contributed by atoms with Crippen molar-refractivity contribution < 1.29 is 19.1 Å². The molecule has 1 saturated heterocycles. The first kappa shape index (κ1) is 29.1. The van der Waals surface area contributed by atoms with Crippen LogP contribution in [0.15, 0.2) is 12.2 Å². The number of ether oxygens (including phenoxy) is 2. The summed E-state index contributed by atoms with van der Waals surface area (Å²) in [5.41, 5.74) is 1.68. The minimum atomic E-state index is -0.440. The Labute approximate surface area is 243 Å². The molecule has 5 aliphatic carbocycles. The molecule has 6 aliphatic rings. The lowest BCUT2D eigenvalue weighted by atomic mass is 9.32. The second-order valence-corrected chi connectivity index (χ2v) is 16.7. The lowest BCUT2D eigenvalue weighted by molar-refractivity contribution is -0.247. The van der Waals surface area contributed by atoms with Crippen LogP contribution in [0.25, 0.3) is 0 Å². The van der Waals surface area contributed by atoms with Crippen LogP contribution in [-0.2, 0) is 19.1 Å². The van der Waals surface area contributed by atoms with Crippen molar-refractivity contribution in [1.29, 1.82) is 0 Å². The van der Waals surface area contributed by atoms with E-state index in [1.165, 1.54) is 56.9 Å². The summed E-state index contributed by atoms with van der Waals surface area (Å²) in [5.74, 6) is 2.55. The van der Waals surface area contributed by atoms with E-state index in [0.717, 1.165) is 45.2 Å². The fraction of sp³-hybridized carbons (Fsp3) is 0.889. The minimum Gasteiger partial charge on any atom is -0.353 e. The predicted molar refractivity (Wildman–Crippen MR) is 158 cm³/mol. The Balaban J connectivity index is 1.34. The molecule has 224 valence electrons. The molecule has 1 aliphatic heterocycles. The number of carbonyl (C=O) groups excluding carboxylic acids is 2. The van der Waals surface area contributed by atoms with E-state index in [9.17, 15) is 9.59 Å². The summed E-state index contributed by atoms with van der Waals surface area (Å²) in [5, 5.41) is 0. The van der Waals surface area contributed by atoms with Crippen LogP contribution in [0, 0.1) is 62.6 Å². The molecular weight excluding hydrogens is 496 g/mol. The van der Waals surface area contributed by atoms with Crippen molar-refractivity contribution >= 4 is 12.1 Å². The van der Waals surface area contributed by atoms with Crippen LogP contribution in [0.3, 0.4) is 0 Å². The van der Waals surface area contributed by atoms with Gasteiger partial charge in [0.2, 0.25) is 0 Å². The van der Waals surface area contributed by atoms with E-state index in [4.69, 9.17) is 9.47 Å². The molecule has 0 aromatic heterocycles. The number of Topliss-reactive ketones (excluding diaryl/α,β-unsaturated/α-hetero) is 1. The molecule has 0 amide bonds. The summed E-state index contributed by atoms with van der Waals surface area (Å²) in [7, 11) is 0. The maximum absolute atomic E-state index is 13.4. The Morgan fingerprint density at radius 2 is 1.73 bits per heavy atom. The van der Waals surface area contributed by atoms with Crippen LogP contribution in [0.2, 0.25) is 0 Å². The van der Waals surface area contributed by atoms with Crippen LogP contribution in [0.1, 0.15) is 119 Å². The Hall–Kier alpha value is -1.00. The highest BCUT2D eigenvalue weighted by Crippen LogP contribution is 2.77. The normalized spacial score (nSPS) is 51.6. The number of rotatable bonds is 5. The van der Waals surface area contributed by atoms with Gasteiger partial charge in [0.1, 0.15) is 12.1 Å². The average molecular weight is 553 g/mol. The molecule has 0 aromatic carbocycles. The van der Waals surface area contributed by atoms with Gasteiger partial charge in [0.25, 0.3) is 0 Å². The Kier molecular flexibility index (Phi) is 7.10. The van der Waals surface area contributed by atoms with E-state index < -0.39 is 11.3 Å². The maximum atomic E-state index is 13.4. The Morgan fingerprint density at radius 3 is 2.40 bits per heavy atom. The van der Waals surface area contributed by atoms with Crippen molar-refractivity contribution in [3.05, 3.63) is 12.2 Å². The number of hydrogen-bond acceptors (Lipinski definition) is 4. The molecule has 4 nitrogen and oxygen atoms in total. The predicted octanol–water partition coefficient (Wildman–Crippen LogP) is 8.18. The molecule has 1 heterocycles. The first-order chi connectivity index (χ1) is 18.8. The topological polar surface area (TPSA) is 52.6 Å². The number of aldehydes is 1. The molecule has 4 heteroatoms. The first-order valence-corrected chi connectivity index (χ1v) is 16.7. The highest BCUT2D eigenvalue weighted by molar-refractivity contribution is 5.98. The third kappa shape index (κ3) is 3.89. The smallest absolute Gasteiger partial charge is 0.157 e. The molecule has 6 fully saturated rings. The van der Waals surface area contributed by atoms with E-state index in [-0.39, 0.29) is 33.7 Å². The summed E-state index contributed by atoms with van der Waals surface area (Å²) in [6.45, 7) is 20.6. The summed E-state index contributed by atoms with van der Waals surface area (Å²) >= 11 is 0. The van der Waals surface area contributed by atoms with Crippen molar-refractivity contribution in [2.24, 2.45) is 62.6 Å². The van der Waals surface area contributed by atoms with Crippen molar-refractivity contribution in [1.82, 2.24) is 0 Å². The fourth-order valence-electron chi connectivity index (χ4n) is 12.8. The van der Waals surface area contributed by atoms with E-state index in [0.29, 0.717) is 29.6 Å². The van der Waals surface area contributed by atoms with Crippen LogP contribution in [0.4, 0.5) is 0 Å². The number of carbonyl (C=O) groups is 2. The average Bonchev–Trinajstić information content (AvgIpc) is 3.31. The third-order valence-electron chi connectivity index (χ3n) is 14.9. The van der Waals surface area contributed by atoms with Gasteiger partial charge in [-0.1, -0.05) is 46.8 Å². The van der Waals surface area contributed by atoms with Crippen molar-refractivity contribution in [3.8, 4) is 0 Å². The molecular formula is C36H56O4. The molecule has 0 aromatic rings. The van der Waals surface area contributed by atoms with Gasteiger partial charge in [-0.15, -0.1) is 0 Å². The number of ketones is 1. The Morgan fingerprint density at radius 1 is 0.950 bits per heavy atom. The van der Waals surface area contributed by atoms with Gasteiger partial charge in [0.05, 0.1) is 12.5 Å². The molecule has 11 atom stereocenters. The van der Waals surface area contributed by atoms with Gasteiger partial charge in [0.15, 0.2) is 6.29 Å². The van der Waals surface area contributed by atoms with Gasteiger partial charge in [-0.3, -0.25) is 4.79 Å². The van der Waals surface area contributed by atoms with Crippen LogP contribution in [-0.4, -0.2) is 31.6 Å². The SMILES string of the molecule is C=C(C)[C@@H]1CC[C@]2(COC3CCCCO3)CC[C@]3(C)[C@H](CCC4[C@@]5(C)CC(C=O)C(=O)C(C)(C)[C@@H]5CC[C@]43C)[C@@H]12. The highest BCUT2D eigenvalue weighted by atomic mass is 16.7. The molecule has 3 unspecified atom stereocenters. The largest absolute Gasteiger partial charge is 0.353 e. The monoisotopic (exact) mass is 552 g/mol. The fourth-order valence-corrected chi connectivity index (χ4v) is 12.8. The van der Waals surface area contributed by atoms with Crippen molar-refractivity contribution in [2.75, 3.05) is 13.2 Å². The van der Waals surface area contributed by atoms with Gasteiger partial charge in [0, 0.05) is 12.0 Å². The zero-order valence-corrected chi connectivity index (χ0v) is 26.4. The van der Waals surface area contributed by atoms with E-state index in [2.05, 4.69) is 48.1 Å². The third-order valence-corrected chi connectivity index (χ3v) is 14.9. The molecule has 0 radical (unpaired) electrons. The summed E-state index contributed by atoms with van der Waals surface area (Å²) in [6.07, 6.45) is 14.9. The quantitative estimate of drug-likeness (QED) is 0.196. The molecule has 6 rings (SSSR count). The van der Waals surface area contributed by atoms with Gasteiger partial charge in [-0.2, -0.15) is 0 Å². The lowest BCUT2D eigenvalue weighted by Gasteiger charge is -2.72. The number of hydrogen-bond donors (Lipinski definition) is 0. The number of allylic oxidation sites excluding steroid dienone is 1. The molecule has 0 spiro atoms. The van der Waals surface area contributed by atoms with E-state index in [1.54, 1.807) is 0 Å². The standard InChI is InChI=1S/C36H56O4/c1-23(2)25-13-16-36(22-40-29-10-8-9-19-39-29)18-17-34(6)26(30(25)36)11-12-28-33(5)20-24(21-37)31(38)32(3,4)27(33)14-15-35(28,34)7/h21,24-30H,1,8-20,22H2,2-7H3/t24?,25-,26+,27-,28?,29?,30+,33-,34+,35+,36+/m0/s1. The van der Waals surface area contributed by atoms with Crippen LogP contribution < -0.4 is 0 Å². The molecule has 40 heavy (non-hydrogen) atoms. The molecule has 5 saturated carbocycles. The zero-order valence-electron chi connectivity index (χ0n) is 26.4. The van der Waals surface area contributed by atoms with Crippen molar-refractivity contribution in [2.45, 2.75) is 125 Å². The summed E-state index contributed by atoms with van der Waals surface area (Å²) in [6, 6.07) is 0. The Bertz CT molecular complexity index is 1040. The second kappa shape index (κ2) is 9.76. The van der Waals surface area contributed by atoms with Crippen LogP contribution >= 0.6 is 0 Å².